The van der Waals surface area contributed by atoms with Gasteiger partial charge in [-0.2, -0.15) is 0 Å². The summed E-state index contributed by atoms with van der Waals surface area (Å²) in [5.41, 5.74) is 0.0969. The molecule has 0 bridgehead atoms. The highest BCUT2D eigenvalue weighted by molar-refractivity contribution is 5.90. The number of hydrogen-bond acceptors (Lipinski definition) is 10. The van der Waals surface area contributed by atoms with Crippen LogP contribution in [0.1, 0.15) is 48.4 Å². The molecule has 1 aromatic heterocycles. The van der Waals surface area contributed by atoms with Crippen molar-refractivity contribution in [3.8, 4) is 0 Å². The molecular formula is C39H34N2O10. The predicted octanol–water partition coefficient (Wildman–Crippen LogP) is 4.64. The van der Waals surface area contributed by atoms with Crippen molar-refractivity contribution in [2.75, 3.05) is 6.61 Å². The van der Waals surface area contributed by atoms with E-state index in [0.717, 1.165) is 10.1 Å². The van der Waals surface area contributed by atoms with E-state index in [-0.39, 0.29) is 28.9 Å². The highest BCUT2D eigenvalue weighted by atomic mass is 16.7. The maximum atomic E-state index is 13.7. The summed E-state index contributed by atoms with van der Waals surface area (Å²) in [5.74, 6) is -2.21. The minimum Gasteiger partial charge on any atom is -0.459 e. The molecule has 1 aliphatic heterocycles. The maximum Gasteiger partial charge on any atom is 0.338 e. The van der Waals surface area contributed by atoms with Gasteiger partial charge in [0.1, 0.15) is 18.8 Å². The first kappa shape index (κ1) is 34.7. The van der Waals surface area contributed by atoms with Crippen LogP contribution < -0.4 is 11.2 Å². The van der Waals surface area contributed by atoms with Crippen molar-refractivity contribution in [3.05, 3.63) is 176 Å². The van der Waals surface area contributed by atoms with Crippen molar-refractivity contribution in [1.82, 2.24) is 9.55 Å². The minimum atomic E-state index is -1.45. The number of aromatic nitrogens is 2. The van der Waals surface area contributed by atoms with Gasteiger partial charge in [-0.3, -0.25) is 14.3 Å². The molecule has 12 nitrogen and oxygen atoms in total. The molecule has 0 amide bonds. The molecule has 1 fully saturated rings. The lowest BCUT2D eigenvalue weighted by atomic mass is 9.96. The van der Waals surface area contributed by atoms with Crippen LogP contribution >= 0.6 is 0 Å². The predicted molar refractivity (Wildman–Crippen MR) is 183 cm³/mol. The van der Waals surface area contributed by atoms with Crippen LogP contribution in [-0.4, -0.2) is 58.5 Å². The number of hydrogen-bond donors (Lipinski definition) is 1. The van der Waals surface area contributed by atoms with Gasteiger partial charge in [0.2, 0.25) is 0 Å². The summed E-state index contributed by atoms with van der Waals surface area (Å²) in [6.45, 7) is 1.00. The van der Waals surface area contributed by atoms with Crippen LogP contribution in [0.3, 0.4) is 0 Å². The molecule has 0 spiro atoms. The summed E-state index contributed by atoms with van der Waals surface area (Å²) in [5, 5.41) is 0. The first-order chi connectivity index (χ1) is 24.8. The zero-order valence-corrected chi connectivity index (χ0v) is 27.5. The third-order valence-corrected chi connectivity index (χ3v) is 8.21. The molecule has 4 aromatic carbocycles. The molecule has 260 valence electrons. The van der Waals surface area contributed by atoms with E-state index in [4.69, 9.17) is 23.7 Å². The monoisotopic (exact) mass is 690 g/mol. The van der Waals surface area contributed by atoms with Gasteiger partial charge in [-0.15, -0.1) is 0 Å². The van der Waals surface area contributed by atoms with Crippen molar-refractivity contribution >= 4 is 17.9 Å². The summed E-state index contributed by atoms with van der Waals surface area (Å²) in [4.78, 5) is 68.4. The molecule has 0 radical (unpaired) electrons. The Labute approximate surface area is 292 Å². The van der Waals surface area contributed by atoms with Crippen LogP contribution in [0, 0.1) is 6.92 Å². The molecule has 5 atom stereocenters. The number of aromatic amines is 1. The average molecular weight is 691 g/mol. The third-order valence-electron chi connectivity index (χ3n) is 8.21. The lowest BCUT2D eigenvalue weighted by molar-refractivity contribution is -0.263. The van der Waals surface area contributed by atoms with Gasteiger partial charge in [0.25, 0.3) is 5.56 Å². The van der Waals surface area contributed by atoms with E-state index in [1.165, 1.54) is 13.1 Å². The first-order valence-corrected chi connectivity index (χ1v) is 16.2. The highest BCUT2D eigenvalue weighted by Gasteiger charge is 2.52. The smallest absolute Gasteiger partial charge is 0.338 e. The molecule has 2 heterocycles. The van der Waals surface area contributed by atoms with Crippen molar-refractivity contribution < 1.29 is 38.1 Å². The second-order valence-corrected chi connectivity index (χ2v) is 11.7. The van der Waals surface area contributed by atoms with E-state index >= 15 is 0 Å². The summed E-state index contributed by atoms with van der Waals surface area (Å²) < 4.78 is 31.8. The number of nitrogens with zero attached hydrogens (tertiary/aromatic N) is 1. The van der Waals surface area contributed by atoms with Gasteiger partial charge in [-0.05, 0) is 48.9 Å². The van der Waals surface area contributed by atoms with Gasteiger partial charge in [0.15, 0.2) is 18.4 Å². The van der Waals surface area contributed by atoms with E-state index in [1.54, 1.807) is 91.0 Å². The van der Waals surface area contributed by atoms with E-state index in [1.807, 2.05) is 30.3 Å². The Balaban J connectivity index is 1.45. The third kappa shape index (κ3) is 8.38. The van der Waals surface area contributed by atoms with Gasteiger partial charge >= 0.3 is 23.6 Å². The van der Waals surface area contributed by atoms with Crippen molar-refractivity contribution in [1.29, 1.82) is 0 Å². The molecule has 1 N–H and O–H groups in total. The van der Waals surface area contributed by atoms with Crippen LogP contribution in [0.4, 0.5) is 0 Å². The van der Waals surface area contributed by atoms with E-state index in [0.29, 0.717) is 0 Å². The lowest BCUT2D eigenvalue weighted by Crippen LogP contribution is -2.61. The molecule has 12 heteroatoms. The quantitative estimate of drug-likeness (QED) is 0.153. The van der Waals surface area contributed by atoms with Crippen molar-refractivity contribution in [2.45, 2.75) is 44.2 Å². The van der Waals surface area contributed by atoms with Gasteiger partial charge < -0.3 is 23.7 Å². The Morgan fingerprint density at radius 2 is 1.16 bits per heavy atom. The van der Waals surface area contributed by atoms with Gasteiger partial charge in [-0.1, -0.05) is 84.9 Å². The number of nitrogens with one attached hydrogen (secondary N) is 1. The molecule has 0 aliphatic carbocycles. The zero-order valence-electron chi connectivity index (χ0n) is 27.5. The SMILES string of the molecule is Cc1cn([C@@H]2O[C@H](COC(=O)c3ccccc3)[C@@H](OC(=O)c3ccccc3)[C@@H](OCc3ccccc3)[C@H]2OC(=O)c2ccccc2)c(=O)[nH]c1=O. The number of H-pyrrole nitrogens is 1. The normalized spacial score (nSPS) is 19.8. The average Bonchev–Trinajstić information content (AvgIpc) is 3.17. The molecule has 6 rings (SSSR count). The largest absolute Gasteiger partial charge is 0.459 e. The van der Waals surface area contributed by atoms with Gasteiger partial charge in [0, 0.05) is 11.8 Å². The topological polar surface area (TPSA) is 152 Å². The van der Waals surface area contributed by atoms with Crippen LogP contribution in [0.5, 0.6) is 0 Å². The van der Waals surface area contributed by atoms with Crippen LogP contribution in [0.25, 0.3) is 0 Å². The number of ether oxygens (including phenoxy) is 5. The van der Waals surface area contributed by atoms with Crippen LogP contribution in [0.2, 0.25) is 0 Å². The Hall–Kier alpha value is -6.11. The maximum absolute atomic E-state index is 13.7. The fourth-order valence-corrected chi connectivity index (χ4v) is 5.60. The van der Waals surface area contributed by atoms with Gasteiger partial charge in [0.05, 0.1) is 23.3 Å². The summed E-state index contributed by atoms with van der Waals surface area (Å²) in [7, 11) is 0. The first-order valence-electron chi connectivity index (χ1n) is 16.2. The molecule has 5 aromatic rings. The fraction of sp³-hybridized carbons (Fsp3) is 0.205. The second kappa shape index (κ2) is 16.1. The molecular weight excluding hydrogens is 656 g/mol. The fourth-order valence-electron chi connectivity index (χ4n) is 5.60. The number of carbonyl (C=O) groups is 3. The molecule has 51 heavy (non-hydrogen) atoms. The van der Waals surface area contributed by atoms with Crippen LogP contribution in [-0.2, 0) is 30.3 Å². The molecule has 0 saturated carbocycles. The standard InChI is InChI=1S/C39H34N2O10/c1-25-22-41(39(46)40-34(25)42)35-33(51-38(45)29-20-12-5-13-21-29)32(47-23-26-14-6-2-7-15-26)31(50-37(44)28-18-10-4-11-19-28)30(49-35)24-48-36(43)27-16-8-3-9-17-27/h2-22,30-33,35H,23-24H2,1H3,(H,40,42,46)/t30-,31-,32-,33-,35-/m1/s1. The van der Waals surface area contributed by atoms with E-state index < -0.39 is 66.4 Å². The number of rotatable bonds is 11. The number of aryl methyl sites for hydroxylation is 1. The zero-order chi connectivity index (χ0) is 35.7. The second-order valence-electron chi connectivity index (χ2n) is 11.7. The Bertz CT molecular complexity index is 2070. The Kier molecular flexibility index (Phi) is 10.9. The van der Waals surface area contributed by atoms with Gasteiger partial charge in [-0.25, -0.2) is 19.2 Å². The molecule has 1 saturated heterocycles. The number of esters is 3. The molecule has 1 aliphatic rings. The van der Waals surface area contributed by atoms with E-state index in [9.17, 15) is 24.0 Å². The molecule has 0 unspecified atom stereocenters. The van der Waals surface area contributed by atoms with E-state index in [2.05, 4.69) is 4.98 Å². The number of carbonyl (C=O) groups excluding carboxylic acids is 3. The highest BCUT2D eigenvalue weighted by Crippen LogP contribution is 2.35. The summed E-state index contributed by atoms with van der Waals surface area (Å²) >= 11 is 0. The van der Waals surface area contributed by atoms with Crippen molar-refractivity contribution in [3.63, 3.8) is 0 Å². The number of benzene rings is 4. The van der Waals surface area contributed by atoms with Crippen LogP contribution in [0.15, 0.2) is 137 Å². The minimum absolute atomic E-state index is 0.0346. The summed E-state index contributed by atoms with van der Waals surface area (Å²) in [6, 6.07) is 33.7. The summed E-state index contributed by atoms with van der Waals surface area (Å²) in [6.07, 6.45) is -5.54. The lowest BCUT2D eigenvalue weighted by Gasteiger charge is -2.45. The van der Waals surface area contributed by atoms with Crippen molar-refractivity contribution in [2.24, 2.45) is 0 Å². The Morgan fingerprint density at radius 3 is 1.71 bits per heavy atom. The Morgan fingerprint density at radius 1 is 0.667 bits per heavy atom.